The van der Waals surface area contributed by atoms with Crippen LogP contribution in [0.15, 0.2) is 29.2 Å². The monoisotopic (exact) mass is 329 g/mol. The molecule has 1 aliphatic heterocycles. The van der Waals surface area contributed by atoms with Crippen molar-refractivity contribution in [2.45, 2.75) is 11.3 Å². The van der Waals surface area contributed by atoms with Crippen molar-refractivity contribution in [1.29, 1.82) is 0 Å². The van der Waals surface area contributed by atoms with Crippen LogP contribution in [0.5, 0.6) is 0 Å². The van der Waals surface area contributed by atoms with Gasteiger partial charge in [0.1, 0.15) is 0 Å². The topological polar surface area (TPSA) is 75.4 Å². The number of thioether (sulfide) groups is 1. The molecule has 1 aliphatic rings. The van der Waals surface area contributed by atoms with E-state index in [0.29, 0.717) is 18.0 Å². The summed E-state index contributed by atoms with van der Waals surface area (Å²) in [4.78, 5) is 2.61. The van der Waals surface area contributed by atoms with Crippen LogP contribution in [0.25, 0.3) is 0 Å². The molecule has 0 amide bonds. The predicted octanol–water partition coefficient (Wildman–Crippen LogP) is 0.515. The first-order valence-corrected chi connectivity index (χ1v) is 9.84. The van der Waals surface area contributed by atoms with Gasteiger partial charge in [0.15, 0.2) is 0 Å². The summed E-state index contributed by atoms with van der Waals surface area (Å²) >= 11 is 1.95. The van der Waals surface area contributed by atoms with Crippen LogP contribution in [0, 0.1) is 0 Å². The maximum Gasteiger partial charge on any atom is 0.240 e. The first-order valence-electron chi connectivity index (χ1n) is 7.20. The SMILES string of the molecule is NCCc1ccc(S(=O)(=O)NCCN2CCSCC2)cc1. The van der Waals surface area contributed by atoms with Gasteiger partial charge in [-0.1, -0.05) is 12.1 Å². The second kappa shape index (κ2) is 8.14. The molecular weight excluding hydrogens is 306 g/mol. The van der Waals surface area contributed by atoms with E-state index in [1.165, 1.54) is 0 Å². The molecule has 0 bridgehead atoms. The number of nitrogens with zero attached hydrogens (tertiary/aromatic N) is 1. The standard InChI is InChI=1S/C14H23N3O2S2/c15-6-5-13-1-3-14(4-2-13)21(18,19)16-7-8-17-9-11-20-12-10-17/h1-4,16H,5-12,15H2. The predicted molar refractivity (Wildman–Crippen MR) is 88.2 cm³/mol. The molecule has 1 heterocycles. The van der Waals surface area contributed by atoms with E-state index in [0.717, 1.165) is 43.1 Å². The number of benzene rings is 1. The van der Waals surface area contributed by atoms with Crippen molar-refractivity contribution in [2.75, 3.05) is 44.2 Å². The number of hydrogen-bond acceptors (Lipinski definition) is 5. The molecule has 3 N–H and O–H groups in total. The van der Waals surface area contributed by atoms with Crippen molar-refractivity contribution in [3.05, 3.63) is 29.8 Å². The normalized spacial score (nSPS) is 17.0. The third-order valence-corrected chi connectivity index (χ3v) is 5.91. The Morgan fingerprint density at radius 1 is 1.19 bits per heavy atom. The van der Waals surface area contributed by atoms with Crippen molar-refractivity contribution < 1.29 is 8.42 Å². The van der Waals surface area contributed by atoms with E-state index in [2.05, 4.69) is 9.62 Å². The Balaban J connectivity index is 1.85. The van der Waals surface area contributed by atoms with Crippen LogP contribution < -0.4 is 10.5 Å². The van der Waals surface area contributed by atoms with Gasteiger partial charge in [0.05, 0.1) is 4.90 Å². The zero-order valence-corrected chi connectivity index (χ0v) is 13.8. The van der Waals surface area contributed by atoms with Gasteiger partial charge in [0.2, 0.25) is 10.0 Å². The highest BCUT2D eigenvalue weighted by molar-refractivity contribution is 7.99. The van der Waals surface area contributed by atoms with E-state index < -0.39 is 10.0 Å². The van der Waals surface area contributed by atoms with Crippen molar-refractivity contribution in [3.63, 3.8) is 0 Å². The van der Waals surface area contributed by atoms with Crippen LogP contribution >= 0.6 is 11.8 Å². The van der Waals surface area contributed by atoms with Crippen molar-refractivity contribution >= 4 is 21.8 Å². The number of rotatable bonds is 7. The summed E-state index contributed by atoms with van der Waals surface area (Å²) in [6, 6.07) is 6.93. The summed E-state index contributed by atoms with van der Waals surface area (Å²) in [5, 5.41) is 0. The molecular formula is C14H23N3O2S2. The molecule has 1 aromatic rings. The number of hydrogen-bond donors (Lipinski definition) is 2. The zero-order chi connectivity index (χ0) is 15.1. The Bertz CT molecular complexity index is 526. The second-order valence-corrected chi connectivity index (χ2v) is 8.03. The van der Waals surface area contributed by atoms with E-state index >= 15 is 0 Å². The fourth-order valence-electron chi connectivity index (χ4n) is 2.25. The van der Waals surface area contributed by atoms with Crippen LogP contribution in [-0.4, -0.2) is 57.5 Å². The third-order valence-electron chi connectivity index (χ3n) is 3.49. The molecule has 0 atom stereocenters. The molecule has 0 radical (unpaired) electrons. The maximum atomic E-state index is 12.2. The summed E-state index contributed by atoms with van der Waals surface area (Å²) < 4.78 is 27.0. The molecule has 0 spiro atoms. The average molecular weight is 329 g/mol. The lowest BCUT2D eigenvalue weighted by atomic mass is 10.2. The Kier molecular flexibility index (Phi) is 6.50. The molecule has 0 saturated carbocycles. The number of nitrogens with one attached hydrogen (secondary N) is 1. The van der Waals surface area contributed by atoms with Crippen LogP contribution in [0.3, 0.4) is 0 Å². The van der Waals surface area contributed by atoms with E-state index in [-0.39, 0.29) is 0 Å². The maximum absolute atomic E-state index is 12.2. The van der Waals surface area contributed by atoms with E-state index in [4.69, 9.17) is 5.73 Å². The molecule has 1 saturated heterocycles. The van der Waals surface area contributed by atoms with Gasteiger partial charge in [-0.2, -0.15) is 11.8 Å². The Labute approximate surface area is 131 Å². The van der Waals surface area contributed by atoms with Gasteiger partial charge in [-0.15, -0.1) is 0 Å². The molecule has 0 unspecified atom stereocenters. The fraction of sp³-hybridized carbons (Fsp3) is 0.571. The van der Waals surface area contributed by atoms with E-state index in [1.54, 1.807) is 12.1 Å². The van der Waals surface area contributed by atoms with E-state index in [9.17, 15) is 8.42 Å². The first kappa shape index (κ1) is 16.8. The first-order chi connectivity index (χ1) is 10.1. The van der Waals surface area contributed by atoms with Gasteiger partial charge >= 0.3 is 0 Å². The average Bonchev–Trinajstić information content (AvgIpc) is 2.49. The molecule has 0 aromatic heterocycles. The van der Waals surface area contributed by atoms with Gasteiger partial charge in [-0.3, -0.25) is 0 Å². The van der Waals surface area contributed by atoms with Gasteiger partial charge in [-0.25, -0.2) is 13.1 Å². The molecule has 0 aliphatic carbocycles. The number of sulfonamides is 1. The summed E-state index contributed by atoms with van der Waals surface area (Å²) in [6.07, 6.45) is 0.765. The lowest BCUT2D eigenvalue weighted by molar-refractivity contribution is 0.307. The molecule has 118 valence electrons. The molecule has 1 aromatic carbocycles. The van der Waals surface area contributed by atoms with Crippen LogP contribution in [0.2, 0.25) is 0 Å². The quantitative estimate of drug-likeness (QED) is 0.762. The Hall–Kier alpha value is -0.600. The summed E-state index contributed by atoms with van der Waals surface area (Å²) in [5.41, 5.74) is 6.54. The fourth-order valence-corrected chi connectivity index (χ4v) is 4.25. The van der Waals surface area contributed by atoms with Crippen molar-refractivity contribution in [2.24, 2.45) is 5.73 Å². The molecule has 1 fully saturated rings. The van der Waals surface area contributed by atoms with Gasteiger partial charge in [0, 0.05) is 37.7 Å². The molecule has 2 rings (SSSR count). The number of nitrogens with two attached hydrogens (primary N) is 1. The summed E-state index contributed by atoms with van der Waals surface area (Å²) in [5.74, 6) is 2.27. The molecule has 5 nitrogen and oxygen atoms in total. The highest BCUT2D eigenvalue weighted by atomic mass is 32.2. The van der Waals surface area contributed by atoms with Gasteiger partial charge < -0.3 is 10.6 Å². The zero-order valence-electron chi connectivity index (χ0n) is 12.1. The Morgan fingerprint density at radius 3 is 2.48 bits per heavy atom. The smallest absolute Gasteiger partial charge is 0.240 e. The van der Waals surface area contributed by atoms with Crippen LogP contribution in [-0.2, 0) is 16.4 Å². The minimum atomic E-state index is -3.41. The van der Waals surface area contributed by atoms with Crippen LogP contribution in [0.4, 0.5) is 0 Å². The van der Waals surface area contributed by atoms with Gasteiger partial charge in [0.25, 0.3) is 0 Å². The molecule has 7 heteroatoms. The second-order valence-electron chi connectivity index (χ2n) is 5.03. The van der Waals surface area contributed by atoms with Crippen molar-refractivity contribution in [3.8, 4) is 0 Å². The lowest BCUT2D eigenvalue weighted by Gasteiger charge is -2.25. The molecule has 21 heavy (non-hydrogen) atoms. The van der Waals surface area contributed by atoms with Gasteiger partial charge in [-0.05, 0) is 30.7 Å². The summed E-state index contributed by atoms with van der Waals surface area (Å²) in [6.45, 7) is 3.88. The van der Waals surface area contributed by atoms with E-state index in [1.807, 2.05) is 23.9 Å². The lowest BCUT2D eigenvalue weighted by Crippen LogP contribution is -2.39. The highest BCUT2D eigenvalue weighted by Gasteiger charge is 2.15. The van der Waals surface area contributed by atoms with Crippen molar-refractivity contribution in [1.82, 2.24) is 9.62 Å². The largest absolute Gasteiger partial charge is 0.330 e. The highest BCUT2D eigenvalue weighted by Crippen LogP contribution is 2.11. The van der Waals surface area contributed by atoms with Crippen LogP contribution in [0.1, 0.15) is 5.56 Å². The Morgan fingerprint density at radius 2 is 1.86 bits per heavy atom. The summed E-state index contributed by atoms with van der Waals surface area (Å²) in [7, 11) is -3.41. The third kappa shape index (κ3) is 5.27. The minimum Gasteiger partial charge on any atom is -0.330 e. The minimum absolute atomic E-state index is 0.317.